The summed E-state index contributed by atoms with van der Waals surface area (Å²) in [6, 6.07) is 21.1. The molecule has 0 aliphatic carbocycles. The Morgan fingerprint density at radius 2 is 1.66 bits per heavy atom. The maximum Gasteiger partial charge on any atom is 0.343 e. The molecule has 0 unspecified atom stereocenters. The van der Waals surface area contributed by atoms with E-state index in [2.05, 4.69) is 10.4 Å². The molecule has 0 fully saturated rings. The van der Waals surface area contributed by atoms with Crippen LogP contribution in [0.4, 0.5) is 5.82 Å². The van der Waals surface area contributed by atoms with Crippen molar-refractivity contribution in [2.24, 2.45) is 0 Å². The average Bonchev–Trinajstić information content (AvgIpc) is 3.28. The number of amides is 1. The minimum absolute atomic E-state index is 0.157. The summed E-state index contributed by atoms with van der Waals surface area (Å²) in [6.07, 6.45) is 1.40. The maximum atomic E-state index is 13.5. The van der Waals surface area contributed by atoms with Crippen molar-refractivity contribution in [1.29, 1.82) is 0 Å². The second-order valence-electron chi connectivity index (χ2n) is 8.29. The van der Waals surface area contributed by atoms with Crippen LogP contribution in [0.3, 0.4) is 0 Å². The van der Waals surface area contributed by atoms with Gasteiger partial charge in [-0.1, -0.05) is 54.6 Å². The summed E-state index contributed by atoms with van der Waals surface area (Å²) >= 11 is 0. The number of aryl methyl sites for hydroxylation is 2. The van der Waals surface area contributed by atoms with Crippen molar-refractivity contribution in [3.8, 4) is 5.82 Å². The smallest absolute Gasteiger partial charge is 0.343 e. The van der Waals surface area contributed by atoms with E-state index < -0.39 is 5.97 Å². The average molecular weight is 465 g/mol. The third-order valence-electron chi connectivity index (χ3n) is 5.98. The molecule has 5 rings (SSSR count). The van der Waals surface area contributed by atoms with E-state index in [4.69, 9.17) is 9.72 Å². The highest BCUT2D eigenvalue weighted by Crippen LogP contribution is 2.27. The molecule has 5 aromatic rings. The Morgan fingerprint density at radius 3 is 2.49 bits per heavy atom. The van der Waals surface area contributed by atoms with E-state index in [1.165, 1.54) is 10.9 Å². The normalized spacial score (nSPS) is 11.1. The summed E-state index contributed by atoms with van der Waals surface area (Å²) in [5.41, 5.74) is 3.51. The van der Waals surface area contributed by atoms with Crippen molar-refractivity contribution >= 4 is 39.4 Å². The Bertz CT molecular complexity index is 1600. The molecule has 7 nitrogen and oxygen atoms in total. The molecular formula is C28H24N4O3. The van der Waals surface area contributed by atoms with Crippen LogP contribution >= 0.6 is 0 Å². The SMILES string of the molecule is CCOC(=O)c1cnn(-c2cc(C)c3cccc(C)c3n2)c1NC(=O)c1cccc2ccccc12. The number of esters is 1. The van der Waals surface area contributed by atoms with E-state index in [0.717, 1.165) is 32.8 Å². The number of rotatable bonds is 5. The summed E-state index contributed by atoms with van der Waals surface area (Å²) in [6.45, 7) is 5.92. The van der Waals surface area contributed by atoms with Crippen LogP contribution in [-0.2, 0) is 4.74 Å². The second-order valence-corrected chi connectivity index (χ2v) is 8.29. The van der Waals surface area contributed by atoms with E-state index in [1.807, 2.05) is 74.5 Å². The molecule has 0 aliphatic rings. The topological polar surface area (TPSA) is 86.1 Å². The molecule has 0 saturated heterocycles. The van der Waals surface area contributed by atoms with Gasteiger partial charge >= 0.3 is 5.97 Å². The van der Waals surface area contributed by atoms with E-state index >= 15 is 0 Å². The number of ether oxygens (including phenoxy) is 1. The number of carbonyl (C=O) groups is 2. The lowest BCUT2D eigenvalue weighted by molar-refractivity contribution is 0.0527. The van der Waals surface area contributed by atoms with E-state index in [9.17, 15) is 9.59 Å². The lowest BCUT2D eigenvalue weighted by atomic mass is 10.0. The van der Waals surface area contributed by atoms with Gasteiger partial charge in [-0.25, -0.2) is 9.78 Å². The van der Waals surface area contributed by atoms with Gasteiger partial charge in [0.25, 0.3) is 5.91 Å². The highest BCUT2D eigenvalue weighted by Gasteiger charge is 2.23. The van der Waals surface area contributed by atoms with Crippen molar-refractivity contribution in [2.45, 2.75) is 20.8 Å². The lowest BCUT2D eigenvalue weighted by Crippen LogP contribution is -2.19. The van der Waals surface area contributed by atoms with E-state index in [1.54, 1.807) is 13.0 Å². The zero-order valence-corrected chi connectivity index (χ0v) is 19.7. The molecule has 174 valence electrons. The van der Waals surface area contributed by atoms with Crippen molar-refractivity contribution in [3.63, 3.8) is 0 Å². The van der Waals surface area contributed by atoms with Gasteiger partial charge in [0.1, 0.15) is 5.56 Å². The first-order chi connectivity index (χ1) is 17.0. The van der Waals surface area contributed by atoms with Crippen LogP contribution in [0, 0.1) is 13.8 Å². The van der Waals surface area contributed by atoms with Crippen molar-refractivity contribution < 1.29 is 14.3 Å². The third-order valence-corrected chi connectivity index (χ3v) is 5.98. The van der Waals surface area contributed by atoms with E-state index in [0.29, 0.717) is 11.4 Å². The van der Waals surface area contributed by atoms with Crippen molar-refractivity contribution in [2.75, 3.05) is 11.9 Å². The Labute approximate surface area is 202 Å². The lowest BCUT2D eigenvalue weighted by Gasteiger charge is -2.13. The summed E-state index contributed by atoms with van der Waals surface area (Å²) in [5.74, 6) is -0.224. The minimum atomic E-state index is -0.569. The van der Waals surface area contributed by atoms with Gasteiger partial charge < -0.3 is 10.1 Å². The number of para-hydroxylation sites is 1. The molecule has 2 heterocycles. The number of fused-ring (bicyclic) bond motifs is 2. The molecule has 0 spiro atoms. The number of hydrogen-bond donors (Lipinski definition) is 1. The predicted octanol–water partition coefficient (Wildman–Crippen LogP) is 5.62. The highest BCUT2D eigenvalue weighted by molar-refractivity contribution is 6.14. The summed E-state index contributed by atoms with van der Waals surface area (Å²) in [4.78, 5) is 31.0. The molecule has 7 heteroatoms. The Hall–Kier alpha value is -4.52. The number of benzene rings is 3. The van der Waals surface area contributed by atoms with Gasteiger partial charge in [0, 0.05) is 10.9 Å². The van der Waals surface area contributed by atoms with Crippen LogP contribution in [0.5, 0.6) is 0 Å². The van der Waals surface area contributed by atoms with Gasteiger partial charge in [0.05, 0.1) is 18.3 Å². The molecule has 0 aliphatic heterocycles. The quantitative estimate of drug-likeness (QED) is 0.341. The first-order valence-electron chi connectivity index (χ1n) is 11.4. The number of aromatic nitrogens is 3. The Kier molecular flexibility index (Phi) is 5.74. The molecule has 2 aromatic heterocycles. The van der Waals surface area contributed by atoms with Gasteiger partial charge in [0.2, 0.25) is 0 Å². The minimum Gasteiger partial charge on any atom is -0.462 e. The molecule has 0 saturated carbocycles. The molecular weight excluding hydrogens is 440 g/mol. The first kappa shape index (κ1) is 22.3. The fraction of sp³-hybridized carbons (Fsp3) is 0.143. The number of anilines is 1. The number of pyridine rings is 1. The third kappa shape index (κ3) is 4.01. The number of carbonyl (C=O) groups excluding carboxylic acids is 2. The van der Waals surface area contributed by atoms with Gasteiger partial charge in [0.15, 0.2) is 11.6 Å². The predicted molar refractivity (Wildman–Crippen MR) is 136 cm³/mol. The Balaban J connectivity index is 1.64. The van der Waals surface area contributed by atoms with Crippen molar-refractivity contribution in [3.05, 3.63) is 95.2 Å². The highest BCUT2D eigenvalue weighted by atomic mass is 16.5. The standard InChI is InChI=1S/C28H24N4O3/c1-4-35-28(34)23-16-29-32(24-15-18(3)20-13-7-9-17(2)25(20)30-24)26(23)31-27(33)22-14-8-11-19-10-5-6-12-21(19)22/h5-16H,4H2,1-3H3,(H,31,33). The van der Waals surface area contributed by atoms with Crippen LogP contribution in [0.1, 0.15) is 38.8 Å². The molecule has 0 radical (unpaired) electrons. The molecule has 0 atom stereocenters. The number of nitrogens with zero attached hydrogens (tertiary/aromatic N) is 3. The molecule has 1 N–H and O–H groups in total. The maximum absolute atomic E-state index is 13.5. The Morgan fingerprint density at radius 1 is 0.914 bits per heavy atom. The van der Waals surface area contributed by atoms with Crippen LogP contribution < -0.4 is 5.32 Å². The van der Waals surface area contributed by atoms with Crippen LogP contribution in [0.15, 0.2) is 72.9 Å². The summed E-state index contributed by atoms with van der Waals surface area (Å²) < 4.78 is 6.70. The fourth-order valence-electron chi connectivity index (χ4n) is 4.25. The molecule has 0 bridgehead atoms. The largest absolute Gasteiger partial charge is 0.462 e. The van der Waals surface area contributed by atoms with Crippen LogP contribution in [-0.4, -0.2) is 33.2 Å². The zero-order chi connectivity index (χ0) is 24.5. The second kappa shape index (κ2) is 9.02. The van der Waals surface area contributed by atoms with Gasteiger partial charge in [-0.2, -0.15) is 9.78 Å². The van der Waals surface area contributed by atoms with Crippen LogP contribution in [0.25, 0.3) is 27.5 Å². The molecule has 35 heavy (non-hydrogen) atoms. The van der Waals surface area contributed by atoms with Crippen LogP contribution in [0.2, 0.25) is 0 Å². The fourth-order valence-corrected chi connectivity index (χ4v) is 4.25. The monoisotopic (exact) mass is 464 g/mol. The molecule has 1 amide bonds. The van der Waals surface area contributed by atoms with E-state index in [-0.39, 0.29) is 23.9 Å². The first-order valence-corrected chi connectivity index (χ1v) is 11.4. The van der Waals surface area contributed by atoms with Gasteiger partial charge in [-0.3, -0.25) is 4.79 Å². The number of nitrogens with one attached hydrogen (secondary N) is 1. The van der Waals surface area contributed by atoms with Gasteiger partial charge in [-0.05, 0) is 54.8 Å². The van der Waals surface area contributed by atoms with Gasteiger partial charge in [-0.15, -0.1) is 0 Å². The zero-order valence-electron chi connectivity index (χ0n) is 19.7. The molecule has 3 aromatic carbocycles. The summed E-state index contributed by atoms with van der Waals surface area (Å²) in [5, 5.41) is 10.1. The van der Waals surface area contributed by atoms with Crippen molar-refractivity contribution in [1.82, 2.24) is 14.8 Å². The summed E-state index contributed by atoms with van der Waals surface area (Å²) in [7, 11) is 0. The number of hydrogen-bond acceptors (Lipinski definition) is 5.